The van der Waals surface area contributed by atoms with E-state index >= 15 is 0 Å². The molecular weight excluding hydrogens is 490 g/mol. The van der Waals surface area contributed by atoms with Crippen LogP contribution in [0, 0.1) is 0 Å². The van der Waals surface area contributed by atoms with Gasteiger partial charge in [-0.15, -0.1) is 11.3 Å². The van der Waals surface area contributed by atoms with Crippen LogP contribution in [-0.4, -0.2) is 43.6 Å². The molecule has 38 heavy (non-hydrogen) atoms. The van der Waals surface area contributed by atoms with Gasteiger partial charge in [0, 0.05) is 47.9 Å². The van der Waals surface area contributed by atoms with Gasteiger partial charge in [-0.05, 0) is 61.4 Å². The lowest BCUT2D eigenvalue weighted by Gasteiger charge is -2.40. The van der Waals surface area contributed by atoms with Crippen molar-refractivity contribution >= 4 is 27.9 Å². The zero-order chi connectivity index (χ0) is 26.3. The summed E-state index contributed by atoms with van der Waals surface area (Å²) >= 11 is 1.68. The molecule has 1 amide bonds. The van der Waals surface area contributed by atoms with Gasteiger partial charge in [0.15, 0.2) is 0 Å². The second kappa shape index (κ2) is 12.3. The Morgan fingerprint density at radius 1 is 0.895 bits per heavy atom. The van der Waals surface area contributed by atoms with Crippen molar-refractivity contribution in [3.05, 3.63) is 113 Å². The zero-order valence-electron chi connectivity index (χ0n) is 22.1. The molecule has 6 heteroatoms. The lowest BCUT2D eigenvalue weighted by molar-refractivity contribution is 0.102. The average molecular weight is 526 g/mol. The van der Waals surface area contributed by atoms with Crippen molar-refractivity contribution in [1.29, 1.82) is 0 Å². The van der Waals surface area contributed by atoms with Gasteiger partial charge in [-0.1, -0.05) is 55.5 Å². The molecule has 2 heterocycles. The van der Waals surface area contributed by atoms with Crippen LogP contribution in [0.5, 0.6) is 5.75 Å². The van der Waals surface area contributed by atoms with Gasteiger partial charge in [-0.25, -0.2) is 0 Å². The molecule has 0 aliphatic carbocycles. The smallest absolute Gasteiger partial charge is 0.256 e. The average Bonchev–Trinajstić information content (AvgIpc) is 3.37. The summed E-state index contributed by atoms with van der Waals surface area (Å²) in [5.74, 6) is 0.803. The summed E-state index contributed by atoms with van der Waals surface area (Å²) in [5.41, 5.74) is 4.30. The van der Waals surface area contributed by atoms with Gasteiger partial charge < -0.3 is 15.0 Å². The first kappa shape index (κ1) is 26.0. The molecule has 1 aliphatic rings. The number of amides is 1. The first-order valence-corrected chi connectivity index (χ1v) is 14.2. The van der Waals surface area contributed by atoms with Crippen LogP contribution in [0.1, 0.15) is 46.3 Å². The molecule has 196 valence electrons. The second-order valence-electron chi connectivity index (χ2n) is 9.43. The molecule has 5 nitrogen and oxygen atoms in total. The lowest BCUT2D eigenvalue weighted by Crippen LogP contribution is -2.48. The summed E-state index contributed by atoms with van der Waals surface area (Å²) < 4.78 is 5.73. The highest BCUT2D eigenvalue weighted by Crippen LogP contribution is 2.40. The van der Waals surface area contributed by atoms with Gasteiger partial charge >= 0.3 is 0 Å². The summed E-state index contributed by atoms with van der Waals surface area (Å²) in [4.78, 5) is 19.4. The highest BCUT2D eigenvalue weighted by Gasteiger charge is 2.30. The van der Waals surface area contributed by atoms with Crippen molar-refractivity contribution in [1.82, 2.24) is 4.90 Å². The van der Waals surface area contributed by atoms with Crippen LogP contribution in [-0.2, 0) is 6.42 Å². The molecule has 1 saturated heterocycles. The molecule has 0 bridgehead atoms. The molecule has 0 saturated carbocycles. The Kier molecular flexibility index (Phi) is 8.41. The molecule has 1 aliphatic heterocycles. The van der Waals surface area contributed by atoms with Gasteiger partial charge in [0.25, 0.3) is 5.91 Å². The fourth-order valence-corrected chi connectivity index (χ4v) is 6.10. The van der Waals surface area contributed by atoms with E-state index in [4.69, 9.17) is 4.74 Å². The summed E-state index contributed by atoms with van der Waals surface area (Å²) in [5, 5.41) is 4.19. The normalized spacial score (nSPS) is 14.7. The van der Waals surface area contributed by atoms with Gasteiger partial charge in [0.2, 0.25) is 0 Å². The van der Waals surface area contributed by atoms with E-state index in [0.29, 0.717) is 12.2 Å². The predicted octanol–water partition coefficient (Wildman–Crippen LogP) is 6.87. The predicted molar refractivity (Wildman–Crippen MR) is 158 cm³/mol. The number of thiophene rings is 1. The van der Waals surface area contributed by atoms with Crippen molar-refractivity contribution in [2.45, 2.75) is 26.3 Å². The molecule has 1 aromatic heterocycles. The lowest BCUT2D eigenvalue weighted by atomic mass is 9.97. The minimum absolute atomic E-state index is 0.0335. The number of hydrogen-bond acceptors (Lipinski definition) is 5. The molecular formula is C32H35N3O2S. The third kappa shape index (κ3) is 5.93. The van der Waals surface area contributed by atoms with E-state index in [2.05, 4.69) is 82.7 Å². The summed E-state index contributed by atoms with van der Waals surface area (Å²) in [6.07, 6.45) is 0.927. The molecule has 0 spiro atoms. The van der Waals surface area contributed by atoms with E-state index in [1.165, 1.54) is 16.1 Å². The zero-order valence-corrected chi connectivity index (χ0v) is 22.9. The van der Waals surface area contributed by atoms with Crippen molar-refractivity contribution < 1.29 is 9.53 Å². The monoisotopic (exact) mass is 525 g/mol. The van der Waals surface area contributed by atoms with Crippen LogP contribution in [0.2, 0.25) is 0 Å². The van der Waals surface area contributed by atoms with Gasteiger partial charge in [-0.2, -0.15) is 0 Å². The first-order chi connectivity index (χ1) is 18.7. The van der Waals surface area contributed by atoms with Crippen LogP contribution < -0.4 is 15.0 Å². The highest BCUT2D eigenvalue weighted by molar-refractivity contribution is 7.16. The maximum atomic E-state index is 13.2. The minimum Gasteiger partial charge on any atom is -0.494 e. The molecule has 1 unspecified atom stereocenters. The Morgan fingerprint density at radius 2 is 1.55 bits per heavy atom. The number of piperazine rings is 1. The second-order valence-corrected chi connectivity index (χ2v) is 10.6. The summed E-state index contributed by atoms with van der Waals surface area (Å²) in [6.45, 7) is 8.57. The van der Waals surface area contributed by atoms with Crippen molar-refractivity contribution in [3.8, 4) is 5.75 Å². The van der Waals surface area contributed by atoms with E-state index in [1.807, 2.05) is 37.3 Å². The first-order valence-electron chi connectivity index (χ1n) is 13.4. The summed E-state index contributed by atoms with van der Waals surface area (Å²) in [7, 11) is 0. The Labute approximate surface area is 229 Å². The number of para-hydroxylation sites is 1. The fraction of sp³-hybridized carbons (Fsp3) is 0.281. The maximum Gasteiger partial charge on any atom is 0.256 e. The molecule has 0 radical (unpaired) electrons. The standard InChI is InChI=1S/C32H35N3O2S/c1-3-28-23-29(32(38-28)33-31(36)25-11-7-5-8-12-25)30(24-15-17-27(18-16-24)37-4-2)35-21-19-34(20-22-35)26-13-9-6-10-14-26/h5-18,23,30H,3-4,19-22H2,1-2H3,(H,33,36). The van der Waals surface area contributed by atoms with E-state index in [1.54, 1.807) is 11.3 Å². The van der Waals surface area contributed by atoms with Gasteiger partial charge in [-0.3, -0.25) is 9.69 Å². The maximum absolute atomic E-state index is 13.2. The third-order valence-corrected chi connectivity index (χ3v) is 8.24. The SMILES string of the molecule is CCOc1ccc(C(c2cc(CC)sc2NC(=O)c2ccccc2)N2CCN(c3ccccc3)CC2)cc1. The molecule has 1 N–H and O–H groups in total. The largest absolute Gasteiger partial charge is 0.494 e. The highest BCUT2D eigenvalue weighted by atomic mass is 32.1. The van der Waals surface area contributed by atoms with Crippen LogP contribution in [0.3, 0.4) is 0 Å². The number of carbonyl (C=O) groups excluding carboxylic acids is 1. The number of ether oxygens (including phenoxy) is 1. The molecule has 1 atom stereocenters. The van der Waals surface area contributed by atoms with Gasteiger partial charge in [0.05, 0.1) is 12.6 Å². The molecule has 5 rings (SSSR count). The number of nitrogens with zero attached hydrogens (tertiary/aromatic N) is 2. The minimum atomic E-state index is -0.0734. The number of nitrogens with one attached hydrogen (secondary N) is 1. The number of aryl methyl sites for hydroxylation is 1. The Morgan fingerprint density at radius 3 is 2.18 bits per heavy atom. The summed E-state index contributed by atoms with van der Waals surface area (Å²) in [6, 6.07) is 30.9. The van der Waals surface area contributed by atoms with Crippen LogP contribution in [0.15, 0.2) is 91.0 Å². The quantitative estimate of drug-likeness (QED) is 0.259. The van der Waals surface area contributed by atoms with E-state index in [9.17, 15) is 4.79 Å². The Balaban J connectivity index is 1.47. The van der Waals surface area contributed by atoms with Crippen molar-refractivity contribution in [2.75, 3.05) is 43.0 Å². The Hall–Kier alpha value is -3.61. The molecule has 3 aromatic carbocycles. The van der Waals surface area contributed by atoms with Crippen LogP contribution >= 0.6 is 11.3 Å². The number of benzene rings is 3. The van der Waals surface area contributed by atoms with Gasteiger partial charge in [0.1, 0.15) is 10.8 Å². The number of hydrogen-bond donors (Lipinski definition) is 1. The van der Waals surface area contributed by atoms with E-state index in [-0.39, 0.29) is 11.9 Å². The fourth-order valence-electron chi connectivity index (χ4n) is 5.08. The van der Waals surface area contributed by atoms with Crippen molar-refractivity contribution in [3.63, 3.8) is 0 Å². The molecule has 4 aromatic rings. The van der Waals surface area contributed by atoms with E-state index in [0.717, 1.165) is 48.9 Å². The van der Waals surface area contributed by atoms with Crippen LogP contribution in [0.25, 0.3) is 0 Å². The van der Waals surface area contributed by atoms with Crippen molar-refractivity contribution in [2.24, 2.45) is 0 Å². The number of carbonyl (C=O) groups is 1. The topological polar surface area (TPSA) is 44.8 Å². The number of anilines is 2. The third-order valence-electron chi connectivity index (χ3n) is 7.03. The van der Waals surface area contributed by atoms with E-state index < -0.39 is 0 Å². The Bertz CT molecular complexity index is 1310. The number of rotatable bonds is 9. The molecule has 1 fully saturated rings. The van der Waals surface area contributed by atoms with Crippen LogP contribution in [0.4, 0.5) is 10.7 Å².